The summed E-state index contributed by atoms with van der Waals surface area (Å²) >= 11 is 0. The van der Waals surface area contributed by atoms with Gasteiger partial charge < -0.3 is 5.32 Å². The number of likely N-dealkylation sites (tertiary alicyclic amines) is 1. The molecule has 110 valence electrons. The molecule has 3 heteroatoms. The summed E-state index contributed by atoms with van der Waals surface area (Å²) < 4.78 is 0. The molecule has 1 saturated carbocycles. The minimum absolute atomic E-state index is 0.826. The fraction of sp³-hybridized carbons (Fsp3) is 0.706. The lowest BCUT2D eigenvalue weighted by Gasteiger charge is -2.44. The third kappa shape index (κ3) is 3.21. The van der Waals surface area contributed by atoms with Gasteiger partial charge in [0.05, 0.1) is 11.4 Å². The van der Waals surface area contributed by atoms with Gasteiger partial charge >= 0.3 is 0 Å². The summed E-state index contributed by atoms with van der Waals surface area (Å²) in [4.78, 5) is 7.50. The lowest BCUT2D eigenvalue weighted by atomic mass is 9.78. The van der Waals surface area contributed by atoms with E-state index in [0.29, 0.717) is 0 Å². The lowest BCUT2D eigenvalue weighted by Crippen LogP contribution is -2.46. The van der Waals surface area contributed by atoms with Crippen molar-refractivity contribution in [2.75, 3.05) is 13.6 Å². The molecule has 0 aromatic carbocycles. The van der Waals surface area contributed by atoms with E-state index in [4.69, 9.17) is 4.98 Å². The molecule has 2 aliphatic rings. The summed E-state index contributed by atoms with van der Waals surface area (Å²) in [6.45, 7) is 3.16. The van der Waals surface area contributed by atoms with Gasteiger partial charge in [-0.1, -0.05) is 18.9 Å². The Morgan fingerprint density at radius 1 is 1.15 bits per heavy atom. The van der Waals surface area contributed by atoms with E-state index < -0.39 is 0 Å². The van der Waals surface area contributed by atoms with Crippen LogP contribution in [0.15, 0.2) is 18.2 Å². The van der Waals surface area contributed by atoms with Gasteiger partial charge in [0.25, 0.3) is 0 Å². The van der Waals surface area contributed by atoms with Crippen molar-refractivity contribution in [2.45, 2.75) is 57.7 Å². The van der Waals surface area contributed by atoms with Crippen LogP contribution in [0.1, 0.15) is 49.9 Å². The van der Waals surface area contributed by atoms with Crippen molar-refractivity contribution in [1.82, 2.24) is 15.2 Å². The molecule has 1 N–H and O–H groups in total. The molecule has 0 amide bonds. The Kier molecular flexibility index (Phi) is 4.69. The molecular weight excluding hydrogens is 246 g/mol. The monoisotopic (exact) mass is 273 g/mol. The molecular formula is C17H27N3. The molecule has 1 aliphatic carbocycles. The number of pyridine rings is 1. The second kappa shape index (κ2) is 6.68. The van der Waals surface area contributed by atoms with E-state index in [0.717, 1.165) is 30.7 Å². The van der Waals surface area contributed by atoms with Crippen LogP contribution >= 0.6 is 0 Å². The number of nitrogens with one attached hydrogen (secondary N) is 1. The van der Waals surface area contributed by atoms with Crippen LogP contribution in [-0.4, -0.2) is 29.5 Å². The zero-order valence-corrected chi connectivity index (χ0v) is 12.6. The summed E-state index contributed by atoms with van der Waals surface area (Å²) in [6.07, 6.45) is 8.55. The number of hydrogen-bond acceptors (Lipinski definition) is 3. The van der Waals surface area contributed by atoms with Crippen LogP contribution in [0.3, 0.4) is 0 Å². The predicted octanol–water partition coefficient (Wildman–Crippen LogP) is 2.96. The molecule has 0 radical (unpaired) electrons. The fourth-order valence-corrected chi connectivity index (χ4v) is 4.03. The van der Waals surface area contributed by atoms with Crippen molar-refractivity contribution in [2.24, 2.45) is 5.92 Å². The van der Waals surface area contributed by atoms with Crippen molar-refractivity contribution in [3.8, 4) is 0 Å². The molecule has 3 rings (SSSR count). The van der Waals surface area contributed by atoms with Crippen molar-refractivity contribution < 1.29 is 0 Å². The Labute approximate surface area is 122 Å². The van der Waals surface area contributed by atoms with Crippen LogP contribution in [0.5, 0.6) is 0 Å². The first-order chi connectivity index (χ1) is 9.86. The van der Waals surface area contributed by atoms with Crippen LogP contribution in [0.4, 0.5) is 0 Å². The Hall–Kier alpha value is -0.930. The summed E-state index contributed by atoms with van der Waals surface area (Å²) in [5, 5.41) is 3.18. The van der Waals surface area contributed by atoms with E-state index in [1.165, 1.54) is 50.8 Å². The standard InChI is InChI=1S/C17H27N3/c1-18-12-15-8-4-9-16(19-15)13-20-11-5-7-14-6-2-3-10-17(14)20/h4,8-9,14,17-18H,2-3,5-7,10-13H2,1H3. The van der Waals surface area contributed by atoms with E-state index in [1.54, 1.807) is 0 Å². The van der Waals surface area contributed by atoms with Crippen molar-refractivity contribution >= 4 is 0 Å². The number of nitrogens with zero attached hydrogens (tertiary/aromatic N) is 2. The highest BCUT2D eigenvalue weighted by Crippen LogP contribution is 2.35. The molecule has 2 atom stereocenters. The number of fused-ring (bicyclic) bond motifs is 1. The van der Waals surface area contributed by atoms with Gasteiger partial charge in [-0.05, 0) is 57.3 Å². The predicted molar refractivity (Wildman–Crippen MR) is 82.4 cm³/mol. The normalized spacial score (nSPS) is 27.2. The number of piperidine rings is 1. The summed E-state index contributed by atoms with van der Waals surface area (Å²) in [5.74, 6) is 0.956. The molecule has 0 spiro atoms. The van der Waals surface area contributed by atoms with Crippen LogP contribution in [-0.2, 0) is 13.1 Å². The van der Waals surface area contributed by atoms with Gasteiger partial charge in [0.15, 0.2) is 0 Å². The summed E-state index contributed by atoms with van der Waals surface area (Å²) in [5.41, 5.74) is 2.39. The number of aromatic nitrogens is 1. The maximum absolute atomic E-state index is 4.79. The SMILES string of the molecule is CNCc1cccc(CN2CCCC3CCCCC32)n1. The Morgan fingerprint density at radius 3 is 2.85 bits per heavy atom. The highest BCUT2D eigenvalue weighted by molar-refractivity contribution is 5.11. The zero-order chi connectivity index (χ0) is 13.8. The van der Waals surface area contributed by atoms with E-state index in [2.05, 4.69) is 28.4 Å². The molecule has 20 heavy (non-hydrogen) atoms. The first-order valence-electron chi connectivity index (χ1n) is 8.20. The molecule has 0 bridgehead atoms. The van der Waals surface area contributed by atoms with E-state index in [-0.39, 0.29) is 0 Å². The van der Waals surface area contributed by atoms with Crippen LogP contribution < -0.4 is 5.32 Å². The third-order valence-electron chi connectivity index (χ3n) is 4.95. The van der Waals surface area contributed by atoms with Gasteiger partial charge in [0.1, 0.15) is 0 Å². The second-order valence-corrected chi connectivity index (χ2v) is 6.38. The van der Waals surface area contributed by atoms with Gasteiger partial charge in [-0.15, -0.1) is 0 Å². The highest BCUT2D eigenvalue weighted by atomic mass is 15.2. The fourth-order valence-electron chi connectivity index (χ4n) is 4.03. The summed E-state index contributed by atoms with van der Waals surface area (Å²) in [7, 11) is 1.98. The maximum Gasteiger partial charge on any atom is 0.0547 e. The van der Waals surface area contributed by atoms with Crippen molar-refractivity contribution in [3.63, 3.8) is 0 Å². The first-order valence-corrected chi connectivity index (χ1v) is 8.20. The molecule has 1 aliphatic heterocycles. The third-order valence-corrected chi connectivity index (χ3v) is 4.95. The topological polar surface area (TPSA) is 28.2 Å². The van der Waals surface area contributed by atoms with Gasteiger partial charge in [-0.2, -0.15) is 0 Å². The minimum atomic E-state index is 0.826. The Bertz CT molecular complexity index is 430. The first kappa shape index (κ1) is 14.0. The largest absolute Gasteiger partial charge is 0.314 e. The molecule has 2 unspecified atom stereocenters. The van der Waals surface area contributed by atoms with Crippen LogP contribution in [0.2, 0.25) is 0 Å². The molecule has 1 aromatic heterocycles. The summed E-state index contributed by atoms with van der Waals surface area (Å²) in [6, 6.07) is 7.27. The second-order valence-electron chi connectivity index (χ2n) is 6.38. The lowest BCUT2D eigenvalue weighted by molar-refractivity contribution is 0.0537. The molecule has 1 aromatic rings. The Balaban J connectivity index is 1.68. The van der Waals surface area contributed by atoms with E-state index in [9.17, 15) is 0 Å². The van der Waals surface area contributed by atoms with Gasteiger partial charge in [0.2, 0.25) is 0 Å². The van der Waals surface area contributed by atoms with E-state index in [1.807, 2.05) is 7.05 Å². The average Bonchev–Trinajstić information content (AvgIpc) is 2.48. The zero-order valence-electron chi connectivity index (χ0n) is 12.6. The maximum atomic E-state index is 4.79. The quantitative estimate of drug-likeness (QED) is 0.914. The van der Waals surface area contributed by atoms with Gasteiger partial charge in [-0.3, -0.25) is 9.88 Å². The van der Waals surface area contributed by atoms with Gasteiger partial charge in [0, 0.05) is 19.1 Å². The van der Waals surface area contributed by atoms with Crippen LogP contribution in [0.25, 0.3) is 0 Å². The highest BCUT2D eigenvalue weighted by Gasteiger charge is 2.33. The van der Waals surface area contributed by atoms with Crippen LogP contribution in [0, 0.1) is 5.92 Å². The van der Waals surface area contributed by atoms with E-state index >= 15 is 0 Å². The molecule has 1 saturated heterocycles. The minimum Gasteiger partial charge on any atom is -0.314 e. The number of rotatable bonds is 4. The smallest absolute Gasteiger partial charge is 0.0547 e. The molecule has 2 heterocycles. The van der Waals surface area contributed by atoms with Gasteiger partial charge in [-0.25, -0.2) is 0 Å². The average molecular weight is 273 g/mol. The molecule has 2 fully saturated rings. The van der Waals surface area contributed by atoms with Crippen molar-refractivity contribution in [3.05, 3.63) is 29.6 Å². The Morgan fingerprint density at radius 2 is 1.95 bits per heavy atom. The number of hydrogen-bond donors (Lipinski definition) is 1. The molecule has 3 nitrogen and oxygen atoms in total. The van der Waals surface area contributed by atoms with Crippen molar-refractivity contribution in [1.29, 1.82) is 0 Å².